The lowest BCUT2D eigenvalue weighted by Gasteiger charge is -2.36. The van der Waals surface area contributed by atoms with Crippen LogP contribution in [0.1, 0.15) is 22.3 Å². The Hall–Kier alpha value is -8.78. The van der Waals surface area contributed by atoms with Crippen molar-refractivity contribution in [2.45, 2.75) is 5.41 Å². The third-order valence-corrected chi connectivity index (χ3v) is 13.8. The summed E-state index contributed by atoms with van der Waals surface area (Å²) in [4.78, 5) is 2.40. The van der Waals surface area contributed by atoms with Crippen molar-refractivity contribution in [1.29, 1.82) is 0 Å². The fourth-order valence-corrected chi connectivity index (χ4v) is 10.6. The van der Waals surface area contributed by atoms with Gasteiger partial charge in [-0.05, 0) is 138 Å². The predicted octanol–water partition coefficient (Wildman–Crippen LogP) is 17.9. The largest absolute Gasteiger partial charge is 0.310 e. The molecule has 0 aromatic heterocycles. The zero-order valence-corrected chi connectivity index (χ0v) is 37.6. The first-order valence-electron chi connectivity index (χ1n) is 23.5. The normalized spacial score (nSPS) is 12.2. The SMILES string of the molecule is c1ccc(-c2ccc(-c3cc(-c4ccc(-c5ccccc5)cc4)c4c(c3)-c3ccc(N(c5ccccc5)c5ccc(-c6ccccc6)cc5)cc3C4(c3ccccc3)c3ccccc3)cc2)cc1. The van der Waals surface area contributed by atoms with Crippen molar-refractivity contribution in [3.63, 3.8) is 0 Å². The van der Waals surface area contributed by atoms with E-state index in [1.807, 2.05) is 0 Å². The second kappa shape index (κ2) is 17.5. The van der Waals surface area contributed by atoms with Crippen molar-refractivity contribution in [3.05, 3.63) is 307 Å². The molecule has 0 saturated heterocycles. The summed E-state index contributed by atoms with van der Waals surface area (Å²) in [6.45, 7) is 0. The molecule has 0 aliphatic heterocycles. The van der Waals surface area contributed by atoms with E-state index in [0.717, 1.165) is 17.1 Å². The van der Waals surface area contributed by atoms with Gasteiger partial charge in [-0.1, -0.05) is 237 Å². The van der Waals surface area contributed by atoms with Crippen LogP contribution in [0, 0.1) is 0 Å². The van der Waals surface area contributed by atoms with E-state index < -0.39 is 5.41 Å². The van der Waals surface area contributed by atoms with Crippen LogP contribution >= 0.6 is 0 Å². The quantitative estimate of drug-likeness (QED) is 0.132. The number of hydrogen-bond donors (Lipinski definition) is 0. The van der Waals surface area contributed by atoms with Crippen molar-refractivity contribution in [2.24, 2.45) is 0 Å². The number of nitrogens with zero attached hydrogens (tertiary/aromatic N) is 1. The number of para-hydroxylation sites is 1. The van der Waals surface area contributed by atoms with Gasteiger partial charge in [0, 0.05) is 17.1 Å². The highest BCUT2D eigenvalue weighted by atomic mass is 15.1. The fraction of sp³-hybridized carbons (Fsp3) is 0.0149. The first-order valence-corrected chi connectivity index (χ1v) is 23.5. The van der Waals surface area contributed by atoms with E-state index in [2.05, 4.69) is 290 Å². The van der Waals surface area contributed by atoms with Gasteiger partial charge in [0.15, 0.2) is 0 Å². The first kappa shape index (κ1) is 40.7. The first-order chi connectivity index (χ1) is 33.7. The molecule has 1 heteroatoms. The van der Waals surface area contributed by atoms with Crippen molar-refractivity contribution < 1.29 is 0 Å². The van der Waals surface area contributed by atoms with Gasteiger partial charge in [0.05, 0.1) is 5.41 Å². The highest BCUT2D eigenvalue weighted by Crippen LogP contribution is 2.60. The number of hydrogen-bond acceptors (Lipinski definition) is 1. The van der Waals surface area contributed by atoms with Crippen molar-refractivity contribution in [3.8, 4) is 66.8 Å². The van der Waals surface area contributed by atoms with Gasteiger partial charge in [0.2, 0.25) is 0 Å². The zero-order chi connectivity index (χ0) is 45.3. The molecule has 68 heavy (non-hydrogen) atoms. The van der Waals surface area contributed by atoms with E-state index in [1.54, 1.807) is 0 Å². The predicted molar refractivity (Wildman–Crippen MR) is 286 cm³/mol. The summed E-state index contributed by atoms with van der Waals surface area (Å²) >= 11 is 0. The summed E-state index contributed by atoms with van der Waals surface area (Å²) in [5.74, 6) is 0. The molecular weight excluding hydrogens is 819 g/mol. The topological polar surface area (TPSA) is 3.24 Å². The number of benzene rings is 11. The van der Waals surface area contributed by atoms with Crippen LogP contribution in [0.2, 0.25) is 0 Å². The molecule has 0 unspecified atom stereocenters. The molecule has 0 radical (unpaired) electrons. The van der Waals surface area contributed by atoms with E-state index in [0.29, 0.717) is 0 Å². The molecule has 0 heterocycles. The van der Waals surface area contributed by atoms with Gasteiger partial charge in [-0.2, -0.15) is 0 Å². The third-order valence-electron chi connectivity index (χ3n) is 13.8. The van der Waals surface area contributed by atoms with E-state index in [9.17, 15) is 0 Å². The molecule has 0 atom stereocenters. The summed E-state index contributed by atoms with van der Waals surface area (Å²) < 4.78 is 0. The average Bonchev–Trinajstić information content (AvgIpc) is 3.73. The molecule has 320 valence electrons. The van der Waals surface area contributed by atoms with Crippen LogP contribution in [0.3, 0.4) is 0 Å². The van der Waals surface area contributed by atoms with Gasteiger partial charge >= 0.3 is 0 Å². The standard InChI is InChI=1S/C67H47N/c1-7-19-48(20-8-1)51-31-33-54(34-32-51)56-45-63(55-37-35-52(36-38-55)49-21-9-2-10-22-49)66-64(46-56)62-44-43-61(47-65(62)67(66,57-25-13-4-14-26-57)58-27-15-5-16-28-58)68(59-29-17-6-18-30-59)60-41-39-53(40-42-60)50-23-11-3-12-24-50/h1-47H. The van der Waals surface area contributed by atoms with E-state index >= 15 is 0 Å². The molecule has 12 rings (SSSR count). The molecule has 1 nitrogen and oxygen atoms in total. The highest BCUT2D eigenvalue weighted by Gasteiger charge is 2.48. The Morgan fingerprint density at radius 3 is 1.03 bits per heavy atom. The Morgan fingerprint density at radius 1 is 0.221 bits per heavy atom. The molecule has 0 amide bonds. The smallest absolute Gasteiger partial charge is 0.0720 e. The van der Waals surface area contributed by atoms with E-state index in [-0.39, 0.29) is 0 Å². The Kier molecular flexibility index (Phi) is 10.5. The average molecular weight is 866 g/mol. The lowest BCUT2D eigenvalue weighted by atomic mass is 9.66. The molecule has 1 aliphatic rings. The van der Waals surface area contributed by atoms with E-state index in [4.69, 9.17) is 0 Å². The fourth-order valence-electron chi connectivity index (χ4n) is 10.6. The van der Waals surface area contributed by atoms with Gasteiger partial charge in [-0.25, -0.2) is 0 Å². The van der Waals surface area contributed by atoms with Crippen LogP contribution in [0.4, 0.5) is 17.1 Å². The van der Waals surface area contributed by atoms with Crippen LogP contribution < -0.4 is 4.90 Å². The van der Waals surface area contributed by atoms with Crippen LogP contribution in [0.5, 0.6) is 0 Å². The van der Waals surface area contributed by atoms with Crippen molar-refractivity contribution in [1.82, 2.24) is 0 Å². The highest BCUT2D eigenvalue weighted by molar-refractivity contribution is 5.97. The number of rotatable bonds is 10. The number of anilines is 3. The second-order valence-electron chi connectivity index (χ2n) is 17.6. The maximum Gasteiger partial charge on any atom is 0.0720 e. The maximum absolute atomic E-state index is 2.48. The van der Waals surface area contributed by atoms with Crippen LogP contribution in [-0.4, -0.2) is 0 Å². The van der Waals surface area contributed by atoms with Crippen LogP contribution in [-0.2, 0) is 5.41 Å². The van der Waals surface area contributed by atoms with Gasteiger partial charge < -0.3 is 4.90 Å². The van der Waals surface area contributed by atoms with Gasteiger partial charge in [-0.3, -0.25) is 0 Å². The van der Waals surface area contributed by atoms with E-state index in [1.165, 1.54) is 89.0 Å². The minimum Gasteiger partial charge on any atom is -0.310 e. The molecule has 0 N–H and O–H groups in total. The summed E-state index contributed by atoms with van der Waals surface area (Å²) in [7, 11) is 0. The Bertz CT molecular complexity index is 3440. The van der Waals surface area contributed by atoms with Crippen LogP contribution in [0.15, 0.2) is 285 Å². The minimum absolute atomic E-state index is 0.675. The molecular formula is C67H47N. The molecule has 11 aromatic carbocycles. The number of fused-ring (bicyclic) bond motifs is 3. The molecule has 0 saturated carbocycles. The summed E-state index contributed by atoms with van der Waals surface area (Å²) in [5.41, 5.74) is 22.0. The van der Waals surface area contributed by atoms with Gasteiger partial charge in [0.1, 0.15) is 0 Å². The van der Waals surface area contributed by atoms with Gasteiger partial charge in [-0.15, -0.1) is 0 Å². The summed E-state index contributed by atoms with van der Waals surface area (Å²) in [6.07, 6.45) is 0. The third kappa shape index (κ3) is 7.22. The molecule has 0 spiro atoms. The molecule has 1 aliphatic carbocycles. The Morgan fingerprint density at radius 2 is 0.559 bits per heavy atom. The second-order valence-corrected chi connectivity index (χ2v) is 17.6. The zero-order valence-electron chi connectivity index (χ0n) is 37.6. The molecule has 0 bridgehead atoms. The Labute approximate surface area is 399 Å². The molecule has 0 fully saturated rings. The molecule has 11 aromatic rings. The van der Waals surface area contributed by atoms with Crippen LogP contribution in [0.25, 0.3) is 66.8 Å². The van der Waals surface area contributed by atoms with Crippen molar-refractivity contribution >= 4 is 17.1 Å². The summed E-state index contributed by atoms with van der Waals surface area (Å²) in [5, 5.41) is 0. The lowest BCUT2D eigenvalue weighted by molar-refractivity contribution is 0.770. The Balaban J connectivity index is 1.12. The van der Waals surface area contributed by atoms with Gasteiger partial charge in [0.25, 0.3) is 0 Å². The minimum atomic E-state index is -0.675. The van der Waals surface area contributed by atoms with Crippen molar-refractivity contribution in [2.75, 3.05) is 4.90 Å². The lowest BCUT2D eigenvalue weighted by Crippen LogP contribution is -2.29. The monoisotopic (exact) mass is 865 g/mol. The summed E-state index contributed by atoms with van der Waals surface area (Å²) in [6, 6.07) is 104. The maximum atomic E-state index is 2.48.